The Morgan fingerprint density at radius 3 is 2.06 bits per heavy atom. The highest BCUT2D eigenvalue weighted by Crippen LogP contribution is 2.25. The van der Waals surface area contributed by atoms with Crippen molar-refractivity contribution in [2.24, 2.45) is 0 Å². The summed E-state index contributed by atoms with van der Waals surface area (Å²) in [7, 11) is 0. The molecule has 1 nitrogen and oxygen atoms in total. The molecular weight excluding hydrogens is 321 g/mol. The first-order valence-corrected chi connectivity index (χ1v) is 6.75. The minimum Gasteiger partial charge on any atom is -0.236 e. The van der Waals surface area contributed by atoms with Gasteiger partial charge in [0.25, 0.3) is 0 Å². The number of nitrogens with zero attached hydrogens (tertiary/aromatic N) is 1. The maximum atomic E-state index is 2.41. The van der Waals surface area contributed by atoms with Gasteiger partial charge in [-0.05, 0) is 18.1 Å². The fraction of sp³-hybridized carbons (Fsp3) is 0.200. The molecule has 0 aromatic heterocycles. The largest absolute Gasteiger partial charge is 0.236 e. The van der Waals surface area contributed by atoms with E-state index in [1.807, 2.05) is 0 Å². The van der Waals surface area contributed by atoms with Crippen molar-refractivity contribution >= 4 is 22.9 Å². The van der Waals surface area contributed by atoms with Crippen molar-refractivity contribution in [1.82, 2.24) is 3.11 Å². The lowest BCUT2D eigenvalue weighted by atomic mass is 10.1. The summed E-state index contributed by atoms with van der Waals surface area (Å²) < 4.78 is 2.34. The second-order valence-electron chi connectivity index (χ2n) is 4.13. The minimum absolute atomic E-state index is 0.428. The van der Waals surface area contributed by atoms with E-state index in [0.717, 1.165) is 6.54 Å². The summed E-state index contributed by atoms with van der Waals surface area (Å²) in [6.07, 6.45) is 0. The summed E-state index contributed by atoms with van der Waals surface area (Å²) >= 11 is 2.41. The second-order valence-corrected chi connectivity index (χ2v) is 5.37. The van der Waals surface area contributed by atoms with E-state index in [9.17, 15) is 0 Å². The number of halogens is 1. The lowest BCUT2D eigenvalue weighted by Crippen LogP contribution is -2.15. The van der Waals surface area contributed by atoms with E-state index in [1.165, 1.54) is 11.1 Å². The van der Waals surface area contributed by atoms with Crippen LogP contribution in [0.5, 0.6) is 0 Å². The van der Waals surface area contributed by atoms with E-state index in [1.54, 1.807) is 0 Å². The normalized spacial score (nSPS) is 12.6. The molecule has 2 heteroatoms. The highest BCUT2D eigenvalue weighted by atomic mass is 127. The van der Waals surface area contributed by atoms with Gasteiger partial charge in [-0.15, -0.1) is 0 Å². The topological polar surface area (TPSA) is 3.24 Å². The van der Waals surface area contributed by atoms with Crippen LogP contribution in [0.15, 0.2) is 60.7 Å². The number of hydrogen-bond donors (Lipinski definition) is 0. The molecular formula is C15H16IN. The molecule has 0 aliphatic heterocycles. The Hall–Kier alpha value is -0.870. The Kier molecular flexibility index (Phi) is 4.57. The molecule has 17 heavy (non-hydrogen) atoms. The maximum absolute atomic E-state index is 2.41. The smallest absolute Gasteiger partial charge is 0.0419 e. The Morgan fingerprint density at radius 2 is 1.47 bits per heavy atom. The van der Waals surface area contributed by atoms with Gasteiger partial charge in [0.05, 0.1) is 0 Å². The van der Waals surface area contributed by atoms with Crippen LogP contribution >= 0.6 is 22.9 Å². The molecule has 0 radical (unpaired) electrons. The van der Waals surface area contributed by atoms with Crippen LogP contribution < -0.4 is 0 Å². The van der Waals surface area contributed by atoms with E-state index in [0.29, 0.717) is 6.04 Å². The monoisotopic (exact) mass is 337 g/mol. The zero-order chi connectivity index (χ0) is 12.1. The number of benzene rings is 2. The van der Waals surface area contributed by atoms with Crippen LogP contribution in [0.2, 0.25) is 0 Å². The van der Waals surface area contributed by atoms with Gasteiger partial charge >= 0.3 is 0 Å². The van der Waals surface area contributed by atoms with Crippen molar-refractivity contribution < 1.29 is 0 Å². The molecule has 0 bridgehead atoms. The minimum atomic E-state index is 0.428. The molecule has 0 spiro atoms. The number of hydrogen-bond acceptors (Lipinski definition) is 1. The van der Waals surface area contributed by atoms with Gasteiger partial charge in [-0.1, -0.05) is 60.7 Å². The van der Waals surface area contributed by atoms with Crippen LogP contribution in [0.25, 0.3) is 0 Å². The van der Waals surface area contributed by atoms with Crippen LogP contribution in [0.4, 0.5) is 0 Å². The Bertz CT molecular complexity index is 441. The number of rotatable bonds is 4. The molecule has 2 rings (SSSR count). The molecule has 0 saturated carbocycles. The molecule has 0 amide bonds. The SMILES string of the molecule is C[C@@H](c1ccccc1)N(I)Cc1ccccc1. The summed E-state index contributed by atoms with van der Waals surface area (Å²) in [5.41, 5.74) is 2.71. The van der Waals surface area contributed by atoms with Crippen molar-refractivity contribution in [3.05, 3.63) is 71.8 Å². The van der Waals surface area contributed by atoms with Crippen LogP contribution in [0.3, 0.4) is 0 Å². The molecule has 0 fully saturated rings. The molecule has 0 aliphatic carbocycles. The van der Waals surface area contributed by atoms with E-state index in [2.05, 4.69) is 93.6 Å². The molecule has 1 atom stereocenters. The van der Waals surface area contributed by atoms with Crippen LogP contribution in [0.1, 0.15) is 24.1 Å². The van der Waals surface area contributed by atoms with Crippen LogP contribution in [0, 0.1) is 0 Å². The van der Waals surface area contributed by atoms with E-state index in [4.69, 9.17) is 0 Å². The fourth-order valence-electron chi connectivity index (χ4n) is 1.79. The molecule has 88 valence electrons. The van der Waals surface area contributed by atoms with Crippen molar-refractivity contribution in [2.75, 3.05) is 0 Å². The van der Waals surface area contributed by atoms with E-state index >= 15 is 0 Å². The summed E-state index contributed by atoms with van der Waals surface area (Å²) in [5, 5.41) is 0. The first-order valence-electron chi connectivity index (χ1n) is 5.78. The third-order valence-electron chi connectivity index (χ3n) is 2.88. The molecule has 0 aliphatic rings. The summed E-state index contributed by atoms with van der Waals surface area (Å²) in [4.78, 5) is 0. The predicted molar refractivity (Wildman–Crippen MR) is 80.9 cm³/mol. The predicted octanol–water partition coefficient (Wildman–Crippen LogP) is 4.60. The first-order chi connectivity index (χ1) is 8.27. The fourth-order valence-corrected chi connectivity index (χ4v) is 2.50. The first kappa shape index (κ1) is 12.6. The van der Waals surface area contributed by atoms with Gasteiger partial charge in [0.15, 0.2) is 0 Å². The van der Waals surface area contributed by atoms with E-state index in [-0.39, 0.29) is 0 Å². The lowest BCUT2D eigenvalue weighted by molar-refractivity contribution is 0.412. The molecule has 0 saturated heterocycles. The van der Waals surface area contributed by atoms with Gasteiger partial charge < -0.3 is 0 Å². The quantitative estimate of drug-likeness (QED) is 0.582. The summed E-state index contributed by atoms with van der Waals surface area (Å²) in [6, 6.07) is 21.6. The average molecular weight is 337 g/mol. The van der Waals surface area contributed by atoms with Gasteiger partial charge in [-0.3, -0.25) is 0 Å². The Morgan fingerprint density at radius 1 is 0.941 bits per heavy atom. The van der Waals surface area contributed by atoms with Crippen molar-refractivity contribution in [2.45, 2.75) is 19.5 Å². The van der Waals surface area contributed by atoms with E-state index < -0.39 is 0 Å². The van der Waals surface area contributed by atoms with Crippen LogP contribution in [-0.4, -0.2) is 3.11 Å². The Labute approximate surface area is 117 Å². The van der Waals surface area contributed by atoms with Gasteiger partial charge in [-0.25, -0.2) is 3.11 Å². The zero-order valence-electron chi connectivity index (χ0n) is 9.88. The highest BCUT2D eigenvalue weighted by molar-refractivity contribution is 14.1. The third kappa shape index (κ3) is 3.54. The molecule has 2 aromatic carbocycles. The summed E-state index contributed by atoms with van der Waals surface area (Å²) in [6.45, 7) is 3.21. The molecule has 0 unspecified atom stereocenters. The van der Waals surface area contributed by atoms with Gasteiger partial charge in [0.2, 0.25) is 0 Å². The van der Waals surface area contributed by atoms with Crippen molar-refractivity contribution in [3.63, 3.8) is 0 Å². The van der Waals surface area contributed by atoms with Gasteiger partial charge in [0.1, 0.15) is 0 Å². The van der Waals surface area contributed by atoms with Crippen molar-refractivity contribution in [1.29, 1.82) is 0 Å². The molecule has 0 heterocycles. The second kappa shape index (κ2) is 6.17. The van der Waals surface area contributed by atoms with Crippen LogP contribution in [-0.2, 0) is 6.54 Å². The zero-order valence-corrected chi connectivity index (χ0v) is 12.0. The van der Waals surface area contributed by atoms with Gasteiger partial charge in [0, 0.05) is 35.5 Å². The standard InChI is InChI=1S/C15H16IN/c1-13(15-10-6-3-7-11-15)17(16)12-14-8-4-2-5-9-14/h2-11,13H,12H2,1H3/t13-/m0/s1. The molecule has 0 N–H and O–H groups in total. The maximum Gasteiger partial charge on any atom is 0.0419 e. The highest BCUT2D eigenvalue weighted by Gasteiger charge is 2.12. The third-order valence-corrected chi connectivity index (χ3v) is 4.06. The Balaban J connectivity index is 2.03. The lowest BCUT2D eigenvalue weighted by Gasteiger charge is -2.22. The van der Waals surface area contributed by atoms with Gasteiger partial charge in [-0.2, -0.15) is 0 Å². The average Bonchev–Trinajstić information content (AvgIpc) is 2.40. The van der Waals surface area contributed by atoms with Crippen molar-refractivity contribution in [3.8, 4) is 0 Å². The molecule has 2 aromatic rings. The summed E-state index contributed by atoms with van der Waals surface area (Å²) in [5.74, 6) is 0.